The molecule has 0 fully saturated rings. The van der Waals surface area contributed by atoms with Gasteiger partial charge in [0.25, 0.3) is 0 Å². The van der Waals surface area contributed by atoms with Crippen molar-refractivity contribution in [1.29, 1.82) is 0 Å². The number of rotatable bonds is 4. The van der Waals surface area contributed by atoms with E-state index >= 15 is 0 Å². The maximum atomic E-state index is 5.88. The molecule has 1 aromatic carbocycles. The predicted molar refractivity (Wildman–Crippen MR) is 75.3 cm³/mol. The second kappa shape index (κ2) is 5.43. The van der Waals surface area contributed by atoms with Crippen LogP contribution in [0, 0.1) is 13.8 Å². The van der Waals surface area contributed by atoms with Crippen LogP contribution in [-0.2, 0) is 13.7 Å². The summed E-state index contributed by atoms with van der Waals surface area (Å²) in [6, 6.07) is 6.37. The highest BCUT2D eigenvalue weighted by molar-refractivity contribution is 5.37. The zero-order valence-corrected chi connectivity index (χ0v) is 12.3. The molecular formula is C15H21N3O. The highest BCUT2D eigenvalue weighted by atomic mass is 16.5. The van der Waals surface area contributed by atoms with Gasteiger partial charge < -0.3 is 9.30 Å². The second-order valence-electron chi connectivity index (χ2n) is 5.19. The van der Waals surface area contributed by atoms with Gasteiger partial charge in [-0.25, -0.2) is 0 Å². The topological polar surface area (TPSA) is 39.9 Å². The average Bonchev–Trinajstić information content (AvgIpc) is 2.69. The van der Waals surface area contributed by atoms with E-state index in [0.717, 1.165) is 23.0 Å². The lowest BCUT2D eigenvalue weighted by Crippen LogP contribution is -2.05. The zero-order chi connectivity index (χ0) is 14.0. The van der Waals surface area contributed by atoms with Gasteiger partial charge in [0.15, 0.2) is 5.82 Å². The van der Waals surface area contributed by atoms with E-state index in [2.05, 4.69) is 49.2 Å². The Bertz CT molecular complexity index is 573. The van der Waals surface area contributed by atoms with Crippen molar-refractivity contribution >= 4 is 0 Å². The van der Waals surface area contributed by atoms with Crippen molar-refractivity contribution in [2.75, 3.05) is 0 Å². The smallest absolute Gasteiger partial charge is 0.170 e. The summed E-state index contributed by atoms with van der Waals surface area (Å²) in [4.78, 5) is 0. The first-order valence-corrected chi connectivity index (χ1v) is 6.57. The average molecular weight is 259 g/mol. The Labute approximate surface area is 114 Å². The minimum absolute atomic E-state index is 0.444. The summed E-state index contributed by atoms with van der Waals surface area (Å²) in [6.07, 6.45) is 0. The van der Waals surface area contributed by atoms with Crippen molar-refractivity contribution in [2.45, 2.75) is 40.2 Å². The molecule has 0 aliphatic heterocycles. The van der Waals surface area contributed by atoms with Crippen molar-refractivity contribution in [2.24, 2.45) is 7.05 Å². The van der Waals surface area contributed by atoms with E-state index in [4.69, 9.17) is 4.74 Å². The molecule has 0 aliphatic rings. The highest BCUT2D eigenvalue weighted by Gasteiger charge is 2.08. The summed E-state index contributed by atoms with van der Waals surface area (Å²) in [6.45, 7) is 8.79. The third-order valence-electron chi connectivity index (χ3n) is 3.42. The Hall–Kier alpha value is -1.84. The van der Waals surface area contributed by atoms with Crippen LogP contribution >= 0.6 is 0 Å². The largest absolute Gasteiger partial charge is 0.485 e. The molecule has 4 heteroatoms. The Morgan fingerprint density at radius 2 is 1.95 bits per heavy atom. The summed E-state index contributed by atoms with van der Waals surface area (Å²) in [5.41, 5.74) is 2.43. The monoisotopic (exact) mass is 259 g/mol. The third kappa shape index (κ3) is 2.95. The fourth-order valence-corrected chi connectivity index (χ4v) is 1.85. The van der Waals surface area contributed by atoms with Crippen molar-refractivity contribution in [1.82, 2.24) is 14.8 Å². The maximum Gasteiger partial charge on any atom is 0.170 e. The van der Waals surface area contributed by atoms with Crippen molar-refractivity contribution in [3.63, 3.8) is 0 Å². The third-order valence-corrected chi connectivity index (χ3v) is 3.42. The van der Waals surface area contributed by atoms with Gasteiger partial charge >= 0.3 is 0 Å². The van der Waals surface area contributed by atoms with Crippen molar-refractivity contribution in [3.05, 3.63) is 41.0 Å². The van der Waals surface area contributed by atoms with Gasteiger partial charge in [-0.3, -0.25) is 0 Å². The number of aryl methyl sites for hydroxylation is 2. The fourth-order valence-electron chi connectivity index (χ4n) is 1.85. The highest BCUT2D eigenvalue weighted by Crippen LogP contribution is 2.24. The van der Waals surface area contributed by atoms with Crippen LogP contribution < -0.4 is 4.74 Å². The van der Waals surface area contributed by atoms with Gasteiger partial charge in [0.1, 0.15) is 18.2 Å². The van der Waals surface area contributed by atoms with Crippen LogP contribution in [0.2, 0.25) is 0 Å². The van der Waals surface area contributed by atoms with E-state index in [9.17, 15) is 0 Å². The first-order valence-electron chi connectivity index (χ1n) is 6.57. The molecule has 0 saturated heterocycles. The molecule has 4 nitrogen and oxygen atoms in total. The number of aromatic nitrogens is 3. The number of ether oxygens (including phenoxy) is 1. The van der Waals surface area contributed by atoms with Crippen LogP contribution in [0.5, 0.6) is 5.75 Å². The first-order chi connectivity index (χ1) is 8.99. The lowest BCUT2D eigenvalue weighted by Gasteiger charge is -2.12. The van der Waals surface area contributed by atoms with Gasteiger partial charge in [-0.15, -0.1) is 10.2 Å². The molecule has 0 saturated carbocycles. The van der Waals surface area contributed by atoms with Gasteiger partial charge in [0.05, 0.1) is 0 Å². The Morgan fingerprint density at radius 1 is 1.21 bits per heavy atom. The summed E-state index contributed by atoms with van der Waals surface area (Å²) in [7, 11) is 1.95. The van der Waals surface area contributed by atoms with Crippen molar-refractivity contribution < 1.29 is 4.74 Å². The summed E-state index contributed by atoms with van der Waals surface area (Å²) in [5.74, 6) is 3.16. The van der Waals surface area contributed by atoms with Crippen LogP contribution in [-0.4, -0.2) is 14.8 Å². The Kier molecular flexibility index (Phi) is 3.88. The van der Waals surface area contributed by atoms with E-state index in [1.165, 1.54) is 5.56 Å². The van der Waals surface area contributed by atoms with Crippen LogP contribution in [0.15, 0.2) is 18.2 Å². The molecule has 0 amide bonds. The molecule has 19 heavy (non-hydrogen) atoms. The van der Waals surface area contributed by atoms with E-state index in [1.807, 2.05) is 18.5 Å². The van der Waals surface area contributed by atoms with Gasteiger partial charge in [-0.1, -0.05) is 26.0 Å². The van der Waals surface area contributed by atoms with Gasteiger partial charge in [0.2, 0.25) is 0 Å². The number of benzene rings is 1. The molecule has 0 N–H and O–H groups in total. The lowest BCUT2D eigenvalue weighted by atomic mass is 10.0. The molecule has 0 unspecified atom stereocenters. The van der Waals surface area contributed by atoms with E-state index in [-0.39, 0.29) is 0 Å². The minimum atomic E-state index is 0.444. The fraction of sp³-hybridized carbons (Fsp3) is 0.467. The van der Waals surface area contributed by atoms with Gasteiger partial charge in [-0.05, 0) is 37.0 Å². The zero-order valence-electron chi connectivity index (χ0n) is 12.3. The number of hydrogen-bond donors (Lipinski definition) is 0. The molecule has 0 spiro atoms. The number of nitrogens with zero attached hydrogens (tertiary/aromatic N) is 3. The lowest BCUT2D eigenvalue weighted by molar-refractivity contribution is 0.288. The molecule has 2 rings (SSSR count). The molecule has 0 radical (unpaired) electrons. The molecule has 1 aromatic heterocycles. The maximum absolute atomic E-state index is 5.88. The van der Waals surface area contributed by atoms with E-state index < -0.39 is 0 Å². The first kappa shape index (κ1) is 13.6. The Morgan fingerprint density at radius 3 is 2.53 bits per heavy atom. The molecule has 102 valence electrons. The number of hydrogen-bond acceptors (Lipinski definition) is 3. The van der Waals surface area contributed by atoms with Gasteiger partial charge in [0, 0.05) is 7.05 Å². The summed E-state index contributed by atoms with van der Waals surface area (Å²) in [5, 5.41) is 8.14. The molecule has 0 bridgehead atoms. The summed E-state index contributed by atoms with van der Waals surface area (Å²) < 4.78 is 7.83. The molecule has 0 aliphatic carbocycles. The van der Waals surface area contributed by atoms with Gasteiger partial charge in [-0.2, -0.15) is 0 Å². The van der Waals surface area contributed by atoms with Crippen molar-refractivity contribution in [3.8, 4) is 5.75 Å². The molecule has 0 atom stereocenters. The predicted octanol–water partition coefficient (Wildman–Crippen LogP) is 3.13. The quantitative estimate of drug-likeness (QED) is 0.847. The van der Waals surface area contributed by atoms with Crippen LogP contribution in [0.1, 0.15) is 42.5 Å². The molecular weight excluding hydrogens is 238 g/mol. The van der Waals surface area contributed by atoms with E-state index in [1.54, 1.807) is 0 Å². The van der Waals surface area contributed by atoms with Crippen LogP contribution in [0.25, 0.3) is 0 Å². The Balaban J connectivity index is 2.15. The standard InChI is InChI=1S/C15H21N3O/c1-10(2)13-7-6-11(3)14(8-13)19-9-15-17-16-12(4)18(15)5/h6-8,10H,9H2,1-5H3. The molecule has 1 heterocycles. The van der Waals surface area contributed by atoms with Crippen LogP contribution in [0.4, 0.5) is 0 Å². The second-order valence-corrected chi connectivity index (χ2v) is 5.19. The minimum Gasteiger partial charge on any atom is -0.485 e. The molecule has 2 aromatic rings. The van der Waals surface area contributed by atoms with E-state index in [0.29, 0.717) is 12.5 Å². The normalized spacial score (nSPS) is 11.1. The summed E-state index contributed by atoms with van der Waals surface area (Å²) >= 11 is 0. The SMILES string of the molecule is Cc1ccc(C(C)C)cc1OCc1nnc(C)n1C. The van der Waals surface area contributed by atoms with Crippen LogP contribution in [0.3, 0.4) is 0 Å².